The molecule has 3 aromatic carbocycles. The molecule has 0 aromatic heterocycles. The van der Waals surface area contributed by atoms with Crippen molar-refractivity contribution in [1.82, 2.24) is 4.90 Å². The summed E-state index contributed by atoms with van der Waals surface area (Å²) in [5.74, 6) is 0.191. The minimum absolute atomic E-state index is 0.0295. The summed E-state index contributed by atoms with van der Waals surface area (Å²) in [6, 6.07) is 19.1. The zero-order chi connectivity index (χ0) is 28.1. The van der Waals surface area contributed by atoms with Crippen LogP contribution in [0.5, 0.6) is 23.0 Å². The number of aliphatic hydroxyl groups is 1. The zero-order valence-corrected chi connectivity index (χ0v) is 22.4. The highest BCUT2D eigenvalue weighted by molar-refractivity contribution is 6.46. The summed E-state index contributed by atoms with van der Waals surface area (Å²) in [6.45, 7) is 3.75. The van der Waals surface area contributed by atoms with Gasteiger partial charge in [-0.1, -0.05) is 36.4 Å². The predicted octanol–water partition coefficient (Wildman–Crippen LogP) is 4.50. The van der Waals surface area contributed by atoms with E-state index in [4.69, 9.17) is 23.7 Å². The average Bonchev–Trinajstić information content (AvgIpc) is 3.24. The quantitative estimate of drug-likeness (QED) is 0.226. The molecule has 9 nitrogen and oxygen atoms in total. The summed E-state index contributed by atoms with van der Waals surface area (Å²) in [5.41, 5.74) is 1.90. The van der Waals surface area contributed by atoms with E-state index in [1.807, 2.05) is 37.3 Å². The minimum atomic E-state index is -0.870. The molecule has 0 radical (unpaired) electrons. The third kappa shape index (κ3) is 5.46. The van der Waals surface area contributed by atoms with Crippen LogP contribution in [0.25, 0.3) is 5.76 Å². The van der Waals surface area contributed by atoms with Gasteiger partial charge in [-0.15, -0.1) is 0 Å². The summed E-state index contributed by atoms with van der Waals surface area (Å²) in [5, 5.41) is 11.4. The Balaban J connectivity index is 1.55. The molecule has 3 aromatic rings. The molecule has 2 aliphatic rings. The first-order chi connectivity index (χ1) is 19.5. The van der Waals surface area contributed by atoms with Crippen LogP contribution in [0.1, 0.15) is 29.7 Å². The SMILES string of the molecule is CCOc1cc([C@@H]2C(=C(O)c3ccc4c(c3)OCCO4)C(=O)C(=O)N2CCOC)ccc1OCc1ccccc1. The first-order valence-electron chi connectivity index (χ1n) is 13.1. The number of likely N-dealkylation sites (tertiary alicyclic amines) is 1. The van der Waals surface area contributed by atoms with Crippen LogP contribution < -0.4 is 18.9 Å². The third-order valence-electron chi connectivity index (χ3n) is 6.71. The summed E-state index contributed by atoms with van der Waals surface area (Å²) in [6.07, 6.45) is 0. The van der Waals surface area contributed by atoms with Crippen LogP contribution in [0.4, 0.5) is 0 Å². The standard InChI is InChI=1S/C31H31NO8/c1-3-37-25-17-21(9-11-24(25)40-19-20-7-5-4-6-8-20)28-27(30(34)31(35)32(28)13-14-36-2)29(33)22-10-12-23-26(18-22)39-16-15-38-23/h4-12,17-18,28,33H,3,13-16,19H2,1-2H3/t28-/m1/s1. The minimum Gasteiger partial charge on any atom is -0.507 e. The number of carbonyl (C=O) groups is 2. The van der Waals surface area contributed by atoms with Gasteiger partial charge < -0.3 is 33.7 Å². The molecule has 0 saturated carbocycles. The average molecular weight is 546 g/mol. The lowest BCUT2D eigenvalue weighted by Gasteiger charge is -2.26. The van der Waals surface area contributed by atoms with Gasteiger partial charge in [-0.3, -0.25) is 9.59 Å². The second kappa shape index (κ2) is 12.1. The second-order valence-electron chi connectivity index (χ2n) is 9.26. The Hall–Kier alpha value is -4.50. The van der Waals surface area contributed by atoms with Gasteiger partial charge in [0.05, 0.1) is 24.8 Å². The third-order valence-corrected chi connectivity index (χ3v) is 6.71. The maximum atomic E-state index is 13.3. The van der Waals surface area contributed by atoms with Gasteiger partial charge in [-0.25, -0.2) is 0 Å². The normalized spacial score (nSPS) is 17.6. The Kier molecular flexibility index (Phi) is 8.21. The van der Waals surface area contributed by atoms with Crippen molar-refractivity contribution in [3.63, 3.8) is 0 Å². The molecule has 9 heteroatoms. The summed E-state index contributed by atoms with van der Waals surface area (Å²) in [7, 11) is 1.52. The monoisotopic (exact) mass is 545 g/mol. The second-order valence-corrected chi connectivity index (χ2v) is 9.26. The van der Waals surface area contributed by atoms with Gasteiger partial charge in [0, 0.05) is 19.2 Å². The van der Waals surface area contributed by atoms with Gasteiger partial charge in [0.1, 0.15) is 25.6 Å². The Labute approximate surface area is 232 Å². The maximum Gasteiger partial charge on any atom is 0.295 e. The van der Waals surface area contributed by atoms with Gasteiger partial charge in [0.15, 0.2) is 23.0 Å². The first-order valence-corrected chi connectivity index (χ1v) is 13.1. The Bertz CT molecular complexity index is 1420. The summed E-state index contributed by atoms with van der Waals surface area (Å²) >= 11 is 0. The van der Waals surface area contributed by atoms with Gasteiger partial charge in [-0.05, 0) is 48.4 Å². The molecule has 5 rings (SSSR count). The van der Waals surface area contributed by atoms with Crippen LogP contribution in [-0.2, 0) is 20.9 Å². The lowest BCUT2D eigenvalue weighted by atomic mass is 9.94. The van der Waals surface area contributed by atoms with E-state index in [9.17, 15) is 14.7 Å². The lowest BCUT2D eigenvalue weighted by molar-refractivity contribution is -0.140. The number of aliphatic hydroxyl groups excluding tert-OH is 1. The Morgan fingerprint density at radius 2 is 1.73 bits per heavy atom. The number of ketones is 1. The summed E-state index contributed by atoms with van der Waals surface area (Å²) in [4.78, 5) is 27.9. The van der Waals surface area contributed by atoms with Crippen LogP contribution >= 0.6 is 0 Å². The van der Waals surface area contributed by atoms with Crippen LogP contribution in [0.2, 0.25) is 0 Å². The smallest absolute Gasteiger partial charge is 0.295 e. The number of fused-ring (bicyclic) bond motifs is 1. The number of amides is 1. The van der Waals surface area contributed by atoms with Gasteiger partial charge in [-0.2, -0.15) is 0 Å². The maximum absolute atomic E-state index is 13.3. The molecule has 1 amide bonds. The van der Waals surface area contributed by atoms with E-state index < -0.39 is 17.7 Å². The van der Waals surface area contributed by atoms with Gasteiger partial charge >= 0.3 is 0 Å². The lowest BCUT2D eigenvalue weighted by Crippen LogP contribution is -2.32. The molecule has 208 valence electrons. The highest BCUT2D eigenvalue weighted by Gasteiger charge is 2.46. The van der Waals surface area contributed by atoms with Crippen LogP contribution in [0.3, 0.4) is 0 Å². The van der Waals surface area contributed by atoms with Crippen molar-refractivity contribution < 1.29 is 38.4 Å². The fourth-order valence-electron chi connectivity index (χ4n) is 4.81. The van der Waals surface area contributed by atoms with E-state index in [-0.39, 0.29) is 24.5 Å². The molecule has 0 aliphatic carbocycles. The van der Waals surface area contributed by atoms with Crippen LogP contribution in [0, 0.1) is 0 Å². The van der Waals surface area contributed by atoms with E-state index in [2.05, 4.69) is 0 Å². The number of methoxy groups -OCH3 is 1. The van der Waals surface area contributed by atoms with E-state index in [0.29, 0.717) is 60.6 Å². The van der Waals surface area contributed by atoms with Crippen LogP contribution in [0.15, 0.2) is 72.3 Å². The molecule has 1 saturated heterocycles. The van der Waals surface area contributed by atoms with Crippen molar-refractivity contribution in [2.24, 2.45) is 0 Å². The Morgan fingerprint density at radius 1 is 0.950 bits per heavy atom. The van der Waals surface area contributed by atoms with Gasteiger partial charge in [0.2, 0.25) is 0 Å². The van der Waals surface area contributed by atoms with E-state index in [1.54, 1.807) is 36.4 Å². The number of Topliss-reactive ketones (excluding diaryl/α,β-unsaturated/α-hetero) is 1. The molecule has 1 fully saturated rings. The number of hydrogen-bond acceptors (Lipinski definition) is 8. The van der Waals surface area contributed by atoms with Gasteiger partial charge in [0.25, 0.3) is 11.7 Å². The zero-order valence-electron chi connectivity index (χ0n) is 22.4. The Morgan fingerprint density at radius 3 is 2.48 bits per heavy atom. The molecule has 40 heavy (non-hydrogen) atoms. The molecule has 1 N–H and O–H groups in total. The number of rotatable bonds is 10. The molecule has 0 spiro atoms. The molecule has 2 heterocycles. The van der Waals surface area contributed by atoms with Crippen molar-refractivity contribution >= 4 is 17.4 Å². The molecule has 1 atom stereocenters. The molecule has 0 bridgehead atoms. The molecule has 0 unspecified atom stereocenters. The van der Waals surface area contributed by atoms with E-state index >= 15 is 0 Å². The topological polar surface area (TPSA) is 104 Å². The van der Waals surface area contributed by atoms with E-state index in [1.165, 1.54) is 12.0 Å². The number of hydrogen-bond donors (Lipinski definition) is 1. The molecular weight excluding hydrogens is 514 g/mol. The van der Waals surface area contributed by atoms with Crippen molar-refractivity contribution in [3.05, 3.63) is 89.0 Å². The van der Waals surface area contributed by atoms with Crippen molar-refractivity contribution in [3.8, 4) is 23.0 Å². The highest BCUT2D eigenvalue weighted by atomic mass is 16.6. The summed E-state index contributed by atoms with van der Waals surface area (Å²) < 4.78 is 28.4. The number of benzene rings is 3. The fourth-order valence-corrected chi connectivity index (χ4v) is 4.81. The molecular formula is C31H31NO8. The number of nitrogens with zero attached hydrogens (tertiary/aromatic N) is 1. The fraction of sp³-hybridized carbons (Fsp3) is 0.290. The van der Waals surface area contributed by atoms with Crippen LogP contribution in [-0.4, -0.2) is 61.8 Å². The predicted molar refractivity (Wildman–Crippen MR) is 147 cm³/mol. The molecule has 2 aliphatic heterocycles. The first kappa shape index (κ1) is 27.1. The van der Waals surface area contributed by atoms with E-state index in [0.717, 1.165) is 5.56 Å². The van der Waals surface area contributed by atoms with Crippen molar-refractivity contribution in [1.29, 1.82) is 0 Å². The highest BCUT2D eigenvalue weighted by Crippen LogP contribution is 2.43. The van der Waals surface area contributed by atoms with Crippen molar-refractivity contribution in [2.45, 2.75) is 19.6 Å². The number of carbonyl (C=O) groups excluding carboxylic acids is 2. The van der Waals surface area contributed by atoms with Crippen molar-refractivity contribution in [2.75, 3.05) is 40.1 Å². The largest absolute Gasteiger partial charge is 0.507 e. The number of ether oxygens (including phenoxy) is 5.